The first-order valence-corrected chi connectivity index (χ1v) is 5.91. The van der Waals surface area contributed by atoms with Gasteiger partial charge < -0.3 is 10.4 Å². The van der Waals surface area contributed by atoms with E-state index in [1.165, 1.54) is 18.3 Å². The topological polar surface area (TPSA) is 103 Å². The van der Waals surface area contributed by atoms with Crippen molar-refractivity contribution in [3.05, 3.63) is 29.6 Å². The Balaban J connectivity index is 2.94. The summed E-state index contributed by atoms with van der Waals surface area (Å²) in [5.41, 5.74) is -0.856. The van der Waals surface area contributed by atoms with Crippen molar-refractivity contribution in [2.75, 3.05) is 0 Å². The fourth-order valence-electron chi connectivity index (χ4n) is 1.66. The zero-order valence-corrected chi connectivity index (χ0v) is 10.8. The minimum absolute atomic E-state index is 0.0894. The lowest BCUT2D eigenvalue weighted by atomic mass is 9.92. The van der Waals surface area contributed by atoms with Crippen molar-refractivity contribution in [1.82, 2.24) is 10.3 Å². The largest absolute Gasteiger partial charge is 0.480 e. The third-order valence-electron chi connectivity index (χ3n) is 3.09. The van der Waals surface area contributed by atoms with Crippen LogP contribution in [0.5, 0.6) is 0 Å². The molecule has 100 valence electrons. The molecule has 1 heterocycles. The predicted molar refractivity (Wildman–Crippen MR) is 67.4 cm³/mol. The lowest BCUT2D eigenvalue weighted by molar-refractivity contribution is -0.144. The van der Waals surface area contributed by atoms with Crippen LogP contribution in [0.3, 0.4) is 0 Å². The van der Waals surface area contributed by atoms with Crippen LogP contribution in [0, 0.1) is 11.3 Å². The SMILES string of the molecule is CCC(CC)(NC(=O)c1ccc(C#N)cn1)C(=O)O. The molecule has 6 heteroatoms. The summed E-state index contributed by atoms with van der Waals surface area (Å²) < 4.78 is 0. The van der Waals surface area contributed by atoms with Crippen LogP contribution < -0.4 is 5.32 Å². The van der Waals surface area contributed by atoms with Crippen LogP contribution in [-0.4, -0.2) is 27.5 Å². The van der Waals surface area contributed by atoms with Gasteiger partial charge in [-0.25, -0.2) is 9.78 Å². The molecule has 2 N–H and O–H groups in total. The Hall–Kier alpha value is -2.42. The van der Waals surface area contributed by atoms with Crippen LogP contribution >= 0.6 is 0 Å². The molecular formula is C13H15N3O3. The smallest absolute Gasteiger partial charge is 0.329 e. The van der Waals surface area contributed by atoms with Crippen molar-refractivity contribution >= 4 is 11.9 Å². The van der Waals surface area contributed by atoms with Crippen molar-refractivity contribution < 1.29 is 14.7 Å². The van der Waals surface area contributed by atoms with E-state index in [9.17, 15) is 14.7 Å². The van der Waals surface area contributed by atoms with Gasteiger partial charge in [-0.3, -0.25) is 4.79 Å². The normalized spacial score (nSPS) is 10.6. The monoisotopic (exact) mass is 261 g/mol. The molecule has 1 aromatic heterocycles. The second-order valence-corrected chi connectivity index (χ2v) is 4.09. The van der Waals surface area contributed by atoms with Gasteiger partial charge in [0.2, 0.25) is 0 Å². The first kappa shape index (κ1) is 14.6. The molecule has 0 spiro atoms. The highest BCUT2D eigenvalue weighted by atomic mass is 16.4. The van der Waals surface area contributed by atoms with Crippen molar-refractivity contribution in [2.24, 2.45) is 0 Å². The molecule has 0 atom stereocenters. The third kappa shape index (κ3) is 3.07. The zero-order chi connectivity index (χ0) is 14.5. The number of carboxylic acid groups (broad SMARTS) is 1. The number of amides is 1. The first-order chi connectivity index (χ1) is 8.99. The number of rotatable bonds is 5. The summed E-state index contributed by atoms with van der Waals surface area (Å²) in [6.45, 7) is 3.40. The van der Waals surface area contributed by atoms with Crippen molar-refractivity contribution in [2.45, 2.75) is 32.2 Å². The van der Waals surface area contributed by atoms with E-state index in [4.69, 9.17) is 5.26 Å². The van der Waals surface area contributed by atoms with Gasteiger partial charge in [0.15, 0.2) is 0 Å². The van der Waals surface area contributed by atoms with Gasteiger partial charge in [0.25, 0.3) is 5.91 Å². The van der Waals surface area contributed by atoms with Gasteiger partial charge in [0.1, 0.15) is 17.3 Å². The minimum Gasteiger partial charge on any atom is -0.480 e. The zero-order valence-electron chi connectivity index (χ0n) is 10.8. The Labute approximate surface area is 111 Å². The van der Waals surface area contributed by atoms with E-state index in [1.54, 1.807) is 13.8 Å². The predicted octanol–water partition coefficient (Wildman–Crippen LogP) is 1.33. The molecule has 1 amide bonds. The maximum atomic E-state index is 12.0. The number of nitrogens with one attached hydrogen (secondary N) is 1. The lowest BCUT2D eigenvalue weighted by Crippen LogP contribution is -2.53. The van der Waals surface area contributed by atoms with Crippen LogP contribution in [-0.2, 0) is 4.79 Å². The summed E-state index contributed by atoms with van der Waals surface area (Å²) in [7, 11) is 0. The van der Waals surface area contributed by atoms with Crippen LogP contribution in [0.15, 0.2) is 18.3 Å². The van der Waals surface area contributed by atoms with Gasteiger partial charge in [-0.05, 0) is 25.0 Å². The molecular weight excluding hydrogens is 246 g/mol. The fraction of sp³-hybridized carbons (Fsp3) is 0.385. The molecule has 0 aliphatic heterocycles. The van der Waals surface area contributed by atoms with Gasteiger partial charge in [-0.1, -0.05) is 13.8 Å². The van der Waals surface area contributed by atoms with Crippen LogP contribution in [0.4, 0.5) is 0 Å². The van der Waals surface area contributed by atoms with E-state index < -0.39 is 17.4 Å². The number of aromatic nitrogens is 1. The van der Waals surface area contributed by atoms with Crippen molar-refractivity contribution in [3.8, 4) is 6.07 Å². The Morgan fingerprint density at radius 1 is 1.42 bits per heavy atom. The summed E-state index contributed by atoms with van der Waals surface area (Å²) >= 11 is 0. The molecule has 0 aliphatic carbocycles. The molecule has 0 saturated heterocycles. The number of nitriles is 1. The highest BCUT2D eigenvalue weighted by Crippen LogP contribution is 2.16. The summed E-state index contributed by atoms with van der Waals surface area (Å²) in [6, 6.07) is 4.75. The van der Waals surface area contributed by atoms with E-state index in [2.05, 4.69) is 10.3 Å². The number of hydrogen-bond donors (Lipinski definition) is 2. The number of carboxylic acids is 1. The highest BCUT2D eigenvalue weighted by Gasteiger charge is 2.36. The Morgan fingerprint density at radius 2 is 2.05 bits per heavy atom. The number of carbonyl (C=O) groups excluding carboxylic acids is 1. The van der Waals surface area contributed by atoms with Gasteiger partial charge in [0.05, 0.1) is 5.56 Å². The Kier molecular flexibility index (Phi) is 4.59. The molecule has 19 heavy (non-hydrogen) atoms. The van der Waals surface area contributed by atoms with Gasteiger partial charge in [-0.15, -0.1) is 0 Å². The van der Waals surface area contributed by atoms with Crippen LogP contribution in [0.25, 0.3) is 0 Å². The number of carbonyl (C=O) groups is 2. The van der Waals surface area contributed by atoms with E-state index in [-0.39, 0.29) is 18.5 Å². The number of hydrogen-bond acceptors (Lipinski definition) is 4. The molecule has 0 fully saturated rings. The molecule has 0 radical (unpaired) electrons. The van der Waals surface area contributed by atoms with E-state index in [0.29, 0.717) is 5.56 Å². The minimum atomic E-state index is -1.29. The molecule has 0 unspecified atom stereocenters. The number of pyridine rings is 1. The summed E-state index contributed by atoms with van der Waals surface area (Å²) in [4.78, 5) is 27.1. The van der Waals surface area contributed by atoms with Crippen LogP contribution in [0.1, 0.15) is 42.7 Å². The van der Waals surface area contributed by atoms with Crippen molar-refractivity contribution in [3.63, 3.8) is 0 Å². The molecule has 0 saturated carbocycles. The highest BCUT2D eigenvalue weighted by molar-refractivity contribution is 5.96. The summed E-state index contributed by atoms with van der Waals surface area (Å²) in [6.07, 6.45) is 1.83. The first-order valence-electron chi connectivity index (χ1n) is 5.91. The number of aliphatic carboxylic acids is 1. The average Bonchev–Trinajstić information content (AvgIpc) is 2.44. The Morgan fingerprint density at radius 3 is 2.42 bits per heavy atom. The molecule has 0 bridgehead atoms. The molecule has 1 rings (SSSR count). The number of nitrogens with zero attached hydrogens (tertiary/aromatic N) is 2. The summed E-state index contributed by atoms with van der Waals surface area (Å²) in [5.74, 6) is -1.63. The maximum Gasteiger partial charge on any atom is 0.329 e. The van der Waals surface area contributed by atoms with E-state index in [1.807, 2.05) is 6.07 Å². The van der Waals surface area contributed by atoms with Gasteiger partial charge in [-0.2, -0.15) is 5.26 Å². The second-order valence-electron chi connectivity index (χ2n) is 4.09. The van der Waals surface area contributed by atoms with Gasteiger partial charge >= 0.3 is 5.97 Å². The van der Waals surface area contributed by atoms with Crippen molar-refractivity contribution in [1.29, 1.82) is 5.26 Å². The molecule has 0 aliphatic rings. The lowest BCUT2D eigenvalue weighted by Gasteiger charge is -2.27. The standard InChI is InChI=1S/C13H15N3O3/c1-3-13(4-2,12(18)19)16-11(17)10-6-5-9(7-14)8-15-10/h5-6,8H,3-4H2,1-2H3,(H,16,17)(H,18,19). The maximum absolute atomic E-state index is 12.0. The van der Waals surface area contributed by atoms with E-state index >= 15 is 0 Å². The second kappa shape index (κ2) is 5.96. The molecule has 0 aromatic carbocycles. The third-order valence-corrected chi connectivity index (χ3v) is 3.09. The Bertz CT molecular complexity index is 513. The van der Waals surface area contributed by atoms with Gasteiger partial charge in [0, 0.05) is 6.20 Å². The molecule has 1 aromatic rings. The quantitative estimate of drug-likeness (QED) is 0.832. The summed E-state index contributed by atoms with van der Waals surface area (Å²) in [5, 5.41) is 20.4. The molecule has 6 nitrogen and oxygen atoms in total. The van der Waals surface area contributed by atoms with E-state index in [0.717, 1.165) is 0 Å². The average molecular weight is 261 g/mol. The fourth-order valence-corrected chi connectivity index (χ4v) is 1.66. The van der Waals surface area contributed by atoms with Crippen LogP contribution in [0.2, 0.25) is 0 Å².